The van der Waals surface area contributed by atoms with Gasteiger partial charge in [-0.25, -0.2) is 4.39 Å². The predicted molar refractivity (Wildman–Crippen MR) is 109 cm³/mol. The molecule has 1 aromatic carbocycles. The summed E-state index contributed by atoms with van der Waals surface area (Å²) in [5.74, 6) is -0.679. The third-order valence-corrected chi connectivity index (χ3v) is 5.61. The minimum absolute atomic E-state index is 0.304. The minimum atomic E-state index is -0.346. The molecule has 1 aliphatic rings. The van der Waals surface area contributed by atoms with Gasteiger partial charge >= 0.3 is 0 Å². The molecule has 7 nitrogen and oxygen atoms in total. The Balaban J connectivity index is 1.26. The minimum Gasteiger partial charge on any atom is -0.320 e. The largest absolute Gasteiger partial charge is 0.320 e. The summed E-state index contributed by atoms with van der Waals surface area (Å²) in [7, 11) is 0. The molecule has 1 aliphatic heterocycles. The molecule has 2 aromatic heterocycles. The fourth-order valence-corrected chi connectivity index (χ4v) is 3.92. The number of nitrogens with zero attached hydrogens (tertiary/aromatic N) is 5. The molecule has 0 bridgehead atoms. The van der Waals surface area contributed by atoms with Crippen LogP contribution in [0, 0.1) is 5.82 Å². The highest BCUT2D eigenvalue weighted by molar-refractivity contribution is 7.13. The topological polar surface area (TPSA) is 74.2 Å². The van der Waals surface area contributed by atoms with E-state index in [0.29, 0.717) is 17.2 Å². The lowest BCUT2D eigenvalue weighted by molar-refractivity contribution is 0.102. The van der Waals surface area contributed by atoms with Crippen LogP contribution in [0.3, 0.4) is 0 Å². The zero-order valence-electron chi connectivity index (χ0n) is 15.8. The number of anilines is 1. The van der Waals surface area contributed by atoms with Crippen molar-refractivity contribution in [1.82, 2.24) is 25.0 Å². The van der Waals surface area contributed by atoms with Gasteiger partial charge in [-0.15, -0.1) is 10.2 Å². The van der Waals surface area contributed by atoms with E-state index < -0.39 is 0 Å². The number of benzene rings is 1. The van der Waals surface area contributed by atoms with Crippen molar-refractivity contribution in [2.45, 2.75) is 13.1 Å². The van der Waals surface area contributed by atoms with Crippen LogP contribution in [0.4, 0.5) is 10.1 Å². The lowest BCUT2D eigenvalue weighted by Crippen LogP contribution is -2.45. The number of nitrogens with one attached hydrogen (secondary N) is 1. The van der Waals surface area contributed by atoms with Gasteiger partial charge in [-0.05, 0) is 36.4 Å². The highest BCUT2D eigenvalue weighted by atomic mass is 32.1. The summed E-state index contributed by atoms with van der Waals surface area (Å²) < 4.78 is 13.0. The van der Waals surface area contributed by atoms with Crippen molar-refractivity contribution >= 4 is 22.9 Å². The zero-order chi connectivity index (χ0) is 20.1. The molecule has 0 atom stereocenters. The van der Waals surface area contributed by atoms with Crippen molar-refractivity contribution < 1.29 is 9.18 Å². The van der Waals surface area contributed by atoms with E-state index in [1.807, 2.05) is 24.4 Å². The molecular formula is C20H21FN6OS. The number of pyridine rings is 1. The Hall–Kier alpha value is -2.75. The van der Waals surface area contributed by atoms with E-state index in [4.69, 9.17) is 0 Å². The van der Waals surface area contributed by atoms with E-state index >= 15 is 0 Å². The summed E-state index contributed by atoms with van der Waals surface area (Å²) in [4.78, 5) is 21.4. The number of aromatic nitrogens is 3. The Labute approximate surface area is 172 Å². The van der Waals surface area contributed by atoms with Gasteiger partial charge in [-0.3, -0.25) is 19.6 Å². The van der Waals surface area contributed by atoms with E-state index in [2.05, 4.69) is 30.3 Å². The molecule has 1 fully saturated rings. The molecule has 1 amide bonds. The van der Waals surface area contributed by atoms with Gasteiger partial charge in [0.2, 0.25) is 5.01 Å². The van der Waals surface area contributed by atoms with Crippen LogP contribution in [0.15, 0.2) is 48.7 Å². The van der Waals surface area contributed by atoms with Crippen LogP contribution in [0.25, 0.3) is 0 Å². The Morgan fingerprint density at radius 2 is 1.72 bits per heavy atom. The van der Waals surface area contributed by atoms with Crippen LogP contribution in [0.5, 0.6) is 0 Å². The van der Waals surface area contributed by atoms with Gasteiger partial charge in [0.15, 0.2) is 0 Å². The molecule has 3 aromatic rings. The summed E-state index contributed by atoms with van der Waals surface area (Å²) in [6, 6.07) is 11.6. The highest BCUT2D eigenvalue weighted by Crippen LogP contribution is 2.16. The number of carbonyl (C=O) groups excluding carboxylic acids is 1. The molecule has 3 heterocycles. The first-order valence-electron chi connectivity index (χ1n) is 9.39. The summed E-state index contributed by atoms with van der Waals surface area (Å²) in [6.45, 7) is 5.34. The number of amides is 1. The second kappa shape index (κ2) is 9.17. The number of hydrogen-bond acceptors (Lipinski definition) is 7. The maximum Gasteiger partial charge on any atom is 0.286 e. The lowest BCUT2D eigenvalue weighted by Gasteiger charge is -2.33. The predicted octanol–water partition coefficient (Wildman–Crippen LogP) is 2.64. The van der Waals surface area contributed by atoms with Crippen LogP contribution in [-0.4, -0.2) is 57.1 Å². The molecule has 0 radical (unpaired) electrons. The molecule has 9 heteroatoms. The van der Waals surface area contributed by atoms with Crippen molar-refractivity contribution in [3.8, 4) is 0 Å². The normalized spacial score (nSPS) is 15.3. The number of halogens is 1. The Bertz CT molecular complexity index is 941. The molecular weight excluding hydrogens is 391 g/mol. The van der Waals surface area contributed by atoms with E-state index in [9.17, 15) is 9.18 Å². The van der Waals surface area contributed by atoms with Crippen LogP contribution >= 0.6 is 11.3 Å². The second-order valence-electron chi connectivity index (χ2n) is 6.84. The quantitative estimate of drug-likeness (QED) is 0.671. The maximum atomic E-state index is 13.0. The van der Waals surface area contributed by atoms with E-state index in [1.165, 1.54) is 35.6 Å². The van der Waals surface area contributed by atoms with E-state index in [1.54, 1.807) is 0 Å². The fourth-order valence-electron chi connectivity index (χ4n) is 3.14. The summed E-state index contributed by atoms with van der Waals surface area (Å²) >= 11 is 1.29. The van der Waals surface area contributed by atoms with Gasteiger partial charge < -0.3 is 5.32 Å². The first-order valence-corrected chi connectivity index (χ1v) is 10.2. The third kappa shape index (κ3) is 5.41. The highest BCUT2D eigenvalue weighted by Gasteiger charge is 2.20. The Kier molecular flexibility index (Phi) is 6.18. The van der Waals surface area contributed by atoms with Crippen LogP contribution < -0.4 is 5.32 Å². The lowest BCUT2D eigenvalue weighted by atomic mass is 10.2. The van der Waals surface area contributed by atoms with Crippen LogP contribution in [0.1, 0.15) is 20.5 Å². The molecule has 29 heavy (non-hydrogen) atoms. The van der Waals surface area contributed by atoms with Gasteiger partial charge in [0, 0.05) is 44.6 Å². The standard InChI is InChI=1S/C20H21FN6OS/c21-15-4-6-16(7-5-15)23-19(28)20-25-24-18(29-20)14-27-11-9-26(10-12-27)13-17-3-1-2-8-22-17/h1-8H,9-14H2,(H,23,28). The summed E-state index contributed by atoms with van der Waals surface area (Å²) in [5, 5.41) is 12.0. The zero-order valence-corrected chi connectivity index (χ0v) is 16.6. The smallest absolute Gasteiger partial charge is 0.286 e. The van der Waals surface area contributed by atoms with Crippen molar-refractivity contribution in [3.05, 3.63) is 70.2 Å². The molecule has 150 valence electrons. The average Bonchev–Trinajstić information content (AvgIpc) is 3.21. The second-order valence-corrected chi connectivity index (χ2v) is 7.90. The van der Waals surface area contributed by atoms with Crippen molar-refractivity contribution in [1.29, 1.82) is 0 Å². The monoisotopic (exact) mass is 412 g/mol. The number of hydrogen-bond donors (Lipinski definition) is 1. The van der Waals surface area contributed by atoms with E-state index in [-0.39, 0.29) is 11.7 Å². The van der Waals surface area contributed by atoms with Gasteiger partial charge in [-0.2, -0.15) is 0 Å². The Morgan fingerprint density at radius 3 is 2.41 bits per heavy atom. The first kappa shape index (κ1) is 19.6. The van der Waals surface area contributed by atoms with E-state index in [0.717, 1.165) is 43.4 Å². The summed E-state index contributed by atoms with van der Waals surface area (Å²) in [5.41, 5.74) is 1.61. The van der Waals surface area contributed by atoms with Crippen molar-refractivity contribution in [2.75, 3.05) is 31.5 Å². The molecule has 0 spiro atoms. The van der Waals surface area contributed by atoms with Gasteiger partial charge in [0.05, 0.1) is 12.2 Å². The van der Waals surface area contributed by atoms with Crippen LogP contribution in [0.2, 0.25) is 0 Å². The van der Waals surface area contributed by atoms with Gasteiger partial charge in [-0.1, -0.05) is 17.4 Å². The Morgan fingerprint density at radius 1 is 1.00 bits per heavy atom. The SMILES string of the molecule is O=C(Nc1ccc(F)cc1)c1nnc(CN2CCN(Cc3ccccn3)CC2)s1. The first-order chi connectivity index (χ1) is 14.2. The van der Waals surface area contributed by atoms with Crippen LogP contribution in [-0.2, 0) is 13.1 Å². The van der Waals surface area contributed by atoms with Crippen molar-refractivity contribution in [2.24, 2.45) is 0 Å². The fraction of sp³-hybridized carbons (Fsp3) is 0.300. The van der Waals surface area contributed by atoms with Crippen molar-refractivity contribution in [3.63, 3.8) is 0 Å². The molecule has 0 saturated carbocycles. The third-order valence-electron chi connectivity index (χ3n) is 4.70. The molecule has 4 rings (SSSR count). The maximum absolute atomic E-state index is 13.0. The van der Waals surface area contributed by atoms with Gasteiger partial charge in [0.1, 0.15) is 10.8 Å². The number of carbonyl (C=O) groups is 1. The average molecular weight is 412 g/mol. The summed E-state index contributed by atoms with van der Waals surface area (Å²) in [6.07, 6.45) is 1.82. The molecule has 0 aliphatic carbocycles. The molecule has 0 unspecified atom stereocenters. The number of piperazine rings is 1. The molecule has 1 N–H and O–H groups in total. The van der Waals surface area contributed by atoms with Gasteiger partial charge in [0.25, 0.3) is 5.91 Å². The number of rotatable bonds is 6. The molecule has 1 saturated heterocycles.